The second-order valence-electron chi connectivity index (χ2n) is 4.72. The Morgan fingerprint density at radius 1 is 1.05 bits per heavy atom. The molecule has 0 saturated carbocycles. The Morgan fingerprint density at radius 3 is 2.32 bits per heavy atom. The third kappa shape index (κ3) is 4.35. The van der Waals surface area contributed by atoms with Gasteiger partial charge in [0, 0.05) is 6.04 Å². The van der Waals surface area contributed by atoms with E-state index in [-0.39, 0.29) is 25.1 Å². The summed E-state index contributed by atoms with van der Waals surface area (Å²) in [5, 5.41) is 8.99. The molecular formula is C16H20ClNO. The number of hydrogen-bond acceptors (Lipinski definition) is 2. The van der Waals surface area contributed by atoms with E-state index in [1.54, 1.807) is 0 Å². The summed E-state index contributed by atoms with van der Waals surface area (Å²) < 4.78 is 0. The number of rotatable bonds is 4. The van der Waals surface area contributed by atoms with Gasteiger partial charge in [0.25, 0.3) is 0 Å². The van der Waals surface area contributed by atoms with Crippen LogP contribution in [0.25, 0.3) is 11.1 Å². The largest absolute Gasteiger partial charge is 0.395 e. The van der Waals surface area contributed by atoms with Crippen LogP contribution < -0.4 is 5.73 Å². The highest BCUT2D eigenvalue weighted by Crippen LogP contribution is 2.21. The summed E-state index contributed by atoms with van der Waals surface area (Å²) in [5.74, 6) is 0. The van der Waals surface area contributed by atoms with Gasteiger partial charge in [0.2, 0.25) is 0 Å². The molecule has 2 nitrogen and oxygen atoms in total. The lowest BCUT2D eigenvalue weighted by atomic mass is 9.99. The van der Waals surface area contributed by atoms with Crippen molar-refractivity contribution in [3.05, 3.63) is 59.7 Å². The molecule has 2 aromatic carbocycles. The molecule has 1 atom stereocenters. The molecule has 0 saturated heterocycles. The van der Waals surface area contributed by atoms with Crippen LogP contribution in [0.2, 0.25) is 0 Å². The minimum Gasteiger partial charge on any atom is -0.395 e. The first-order chi connectivity index (χ1) is 8.69. The molecule has 0 amide bonds. The van der Waals surface area contributed by atoms with E-state index >= 15 is 0 Å². The molecule has 3 N–H and O–H groups in total. The van der Waals surface area contributed by atoms with Gasteiger partial charge < -0.3 is 10.8 Å². The van der Waals surface area contributed by atoms with Crippen molar-refractivity contribution in [1.29, 1.82) is 0 Å². The van der Waals surface area contributed by atoms with Crippen molar-refractivity contribution in [1.82, 2.24) is 0 Å². The molecule has 0 aliphatic carbocycles. The number of aliphatic hydroxyl groups excluding tert-OH is 1. The lowest BCUT2D eigenvalue weighted by molar-refractivity contribution is 0.265. The molecule has 3 heteroatoms. The summed E-state index contributed by atoms with van der Waals surface area (Å²) in [4.78, 5) is 0. The second kappa shape index (κ2) is 7.29. The average Bonchev–Trinajstić information content (AvgIpc) is 2.39. The minimum atomic E-state index is -0.183. The van der Waals surface area contributed by atoms with Crippen LogP contribution in [-0.4, -0.2) is 17.8 Å². The van der Waals surface area contributed by atoms with Gasteiger partial charge in [-0.15, -0.1) is 12.4 Å². The van der Waals surface area contributed by atoms with E-state index in [4.69, 9.17) is 10.8 Å². The van der Waals surface area contributed by atoms with Gasteiger partial charge in [-0.3, -0.25) is 0 Å². The van der Waals surface area contributed by atoms with Gasteiger partial charge in [0.05, 0.1) is 6.61 Å². The van der Waals surface area contributed by atoms with Gasteiger partial charge in [-0.2, -0.15) is 0 Å². The lowest BCUT2D eigenvalue weighted by Crippen LogP contribution is -2.26. The molecule has 19 heavy (non-hydrogen) atoms. The molecule has 0 aliphatic rings. The number of hydrogen-bond donors (Lipinski definition) is 2. The van der Waals surface area contributed by atoms with Crippen LogP contribution in [0.1, 0.15) is 11.1 Å². The minimum absolute atomic E-state index is 0. The quantitative estimate of drug-likeness (QED) is 0.903. The van der Waals surface area contributed by atoms with Crippen LogP contribution in [0.3, 0.4) is 0 Å². The lowest BCUT2D eigenvalue weighted by Gasteiger charge is -2.10. The van der Waals surface area contributed by atoms with Crippen LogP contribution >= 0.6 is 12.4 Å². The zero-order chi connectivity index (χ0) is 13.0. The third-order valence-electron chi connectivity index (χ3n) is 3.01. The highest BCUT2D eigenvalue weighted by atomic mass is 35.5. The zero-order valence-electron chi connectivity index (χ0n) is 11.0. The molecular weight excluding hydrogens is 258 g/mol. The molecule has 2 aromatic rings. The van der Waals surface area contributed by atoms with Crippen molar-refractivity contribution >= 4 is 12.4 Å². The maximum atomic E-state index is 8.99. The predicted molar refractivity (Wildman–Crippen MR) is 82.6 cm³/mol. The summed E-state index contributed by atoms with van der Waals surface area (Å²) in [7, 11) is 0. The molecule has 0 fully saturated rings. The normalized spacial score (nSPS) is 11.7. The Morgan fingerprint density at radius 2 is 1.68 bits per heavy atom. The Balaban J connectivity index is 0.00000180. The summed E-state index contributed by atoms with van der Waals surface area (Å²) >= 11 is 0. The summed E-state index contributed by atoms with van der Waals surface area (Å²) in [5.41, 5.74) is 10.6. The predicted octanol–water partition coefficient (Wildman–Crippen LogP) is 2.95. The van der Waals surface area contributed by atoms with Crippen molar-refractivity contribution in [2.24, 2.45) is 5.73 Å². The first-order valence-electron chi connectivity index (χ1n) is 6.21. The topological polar surface area (TPSA) is 46.2 Å². The van der Waals surface area contributed by atoms with Gasteiger partial charge in [-0.05, 0) is 30.0 Å². The van der Waals surface area contributed by atoms with Gasteiger partial charge in [-0.25, -0.2) is 0 Å². The molecule has 0 radical (unpaired) electrons. The fourth-order valence-electron chi connectivity index (χ4n) is 2.07. The van der Waals surface area contributed by atoms with Crippen LogP contribution in [0.4, 0.5) is 0 Å². The number of halogens is 1. The van der Waals surface area contributed by atoms with E-state index in [9.17, 15) is 0 Å². The molecule has 2 rings (SSSR count). The molecule has 0 aliphatic heterocycles. The Labute approximate surface area is 120 Å². The molecule has 0 bridgehead atoms. The highest BCUT2D eigenvalue weighted by Gasteiger charge is 2.04. The smallest absolute Gasteiger partial charge is 0.0585 e. The molecule has 0 aromatic heterocycles. The third-order valence-corrected chi connectivity index (χ3v) is 3.01. The van der Waals surface area contributed by atoms with Crippen molar-refractivity contribution in [2.75, 3.05) is 6.61 Å². The standard InChI is InChI=1S/C16H19NO.ClH/c1-12-4-2-6-14(8-12)15-7-3-5-13(9-15)10-16(17)11-18;/h2-9,16,18H,10-11,17H2,1H3;1H. The van der Waals surface area contributed by atoms with Crippen molar-refractivity contribution in [3.8, 4) is 11.1 Å². The average molecular weight is 278 g/mol. The second-order valence-corrected chi connectivity index (χ2v) is 4.72. The van der Waals surface area contributed by atoms with Gasteiger partial charge >= 0.3 is 0 Å². The van der Waals surface area contributed by atoms with E-state index in [1.165, 1.54) is 16.7 Å². The van der Waals surface area contributed by atoms with E-state index in [0.29, 0.717) is 6.42 Å². The maximum Gasteiger partial charge on any atom is 0.0585 e. The fourth-order valence-corrected chi connectivity index (χ4v) is 2.07. The van der Waals surface area contributed by atoms with E-state index in [0.717, 1.165) is 5.56 Å². The molecule has 0 heterocycles. The van der Waals surface area contributed by atoms with E-state index < -0.39 is 0 Å². The SMILES string of the molecule is Cc1cccc(-c2cccc(CC(N)CO)c2)c1.Cl. The van der Waals surface area contributed by atoms with Gasteiger partial charge in [0.15, 0.2) is 0 Å². The zero-order valence-corrected chi connectivity index (χ0v) is 11.9. The van der Waals surface area contributed by atoms with Crippen molar-refractivity contribution < 1.29 is 5.11 Å². The number of benzene rings is 2. The van der Waals surface area contributed by atoms with Crippen LogP contribution in [0.15, 0.2) is 48.5 Å². The Hall–Kier alpha value is -1.35. The van der Waals surface area contributed by atoms with E-state index in [2.05, 4.69) is 49.4 Å². The molecule has 102 valence electrons. The molecule has 0 spiro atoms. The van der Waals surface area contributed by atoms with Crippen LogP contribution in [0.5, 0.6) is 0 Å². The summed E-state index contributed by atoms with van der Waals surface area (Å²) in [6.45, 7) is 2.11. The summed E-state index contributed by atoms with van der Waals surface area (Å²) in [6.07, 6.45) is 0.705. The first kappa shape index (κ1) is 15.7. The first-order valence-corrected chi connectivity index (χ1v) is 6.21. The Kier molecular flexibility index (Phi) is 6.03. The number of aliphatic hydroxyl groups is 1. The van der Waals surface area contributed by atoms with Crippen LogP contribution in [-0.2, 0) is 6.42 Å². The van der Waals surface area contributed by atoms with Crippen LogP contribution in [0, 0.1) is 6.92 Å². The highest BCUT2D eigenvalue weighted by molar-refractivity contribution is 5.85. The monoisotopic (exact) mass is 277 g/mol. The van der Waals surface area contributed by atoms with E-state index in [1.807, 2.05) is 6.07 Å². The van der Waals surface area contributed by atoms with Crippen molar-refractivity contribution in [2.45, 2.75) is 19.4 Å². The fraction of sp³-hybridized carbons (Fsp3) is 0.250. The summed E-state index contributed by atoms with van der Waals surface area (Å²) in [6, 6.07) is 16.6. The maximum absolute atomic E-state index is 8.99. The Bertz CT molecular complexity index is 528. The number of aryl methyl sites for hydroxylation is 1. The number of nitrogens with two attached hydrogens (primary N) is 1. The van der Waals surface area contributed by atoms with Gasteiger partial charge in [-0.1, -0.05) is 54.1 Å². The molecule has 1 unspecified atom stereocenters. The van der Waals surface area contributed by atoms with Crippen molar-refractivity contribution in [3.63, 3.8) is 0 Å². The van der Waals surface area contributed by atoms with Gasteiger partial charge in [0.1, 0.15) is 0 Å².